The highest BCUT2D eigenvalue weighted by molar-refractivity contribution is 5.76. The second-order valence-electron chi connectivity index (χ2n) is 14.4. The molecule has 0 saturated carbocycles. The summed E-state index contributed by atoms with van der Waals surface area (Å²) in [6.07, 6.45) is 26.7. The zero-order chi connectivity index (χ0) is 36.0. The Labute approximate surface area is 299 Å². The van der Waals surface area contributed by atoms with Gasteiger partial charge in [0.15, 0.2) is 6.29 Å². The Morgan fingerprint density at radius 1 is 0.673 bits per heavy atom. The Balaban J connectivity index is 2.43. The molecule has 0 bridgehead atoms. The lowest BCUT2D eigenvalue weighted by Crippen LogP contribution is -2.60. The van der Waals surface area contributed by atoms with Crippen LogP contribution in [0.3, 0.4) is 0 Å². The van der Waals surface area contributed by atoms with Gasteiger partial charge in [0, 0.05) is 6.42 Å². The van der Waals surface area contributed by atoms with Crippen LogP contribution in [0, 0.1) is 0 Å². The molecule has 9 nitrogen and oxygen atoms in total. The number of hydrogen-bond donors (Lipinski definition) is 6. The van der Waals surface area contributed by atoms with Gasteiger partial charge in [-0.25, -0.2) is 0 Å². The van der Waals surface area contributed by atoms with Crippen LogP contribution in [0.1, 0.15) is 181 Å². The second kappa shape index (κ2) is 31.6. The highest BCUT2D eigenvalue weighted by Crippen LogP contribution is 2.22. The van der Waals surface area contributed by atoms with Crippen LogP contribution in [0.15, 0.2) is 12.2 Å². The van der Waals surface area contributed by atoms with Gasteiger partial charge in [0.1, 0.15) is 24.4 Å². The number of nitrogens with one attached hydrogen (secondary N) is 1. The van der Waals surface area contributed by atoms with Crippen molar-refractivity contribution in [2.45, 2.75) is 224 Å². The monoisotopic (exact) mass is 700 g/mol. The summed E-state index contributed by atoms with van der Waals surface area (Å²) in [5.41, 5.74) is 0. The highest BCUT2D eigenvalue weighted by atomic mass is 16.7. The molecule has 0 aromatic rings. The molecule has 1 unspecified atom stereocenters. The standard InChI is InChI=1S/C40H77NO8/c1-3-5-7-9-11-13-15-17-19-21-23-25-27-29-34(43)33(32-48-40-39(47)38(46)37(45)35(31-42)49-40)41-36(44)30-28-26-24-22-20-18-16-14-12-10-8-6-4-2/h27,29,33-35,37-40,42-43,45-47H,3-26,28,30-32H2,1-2H3,(H,41,44)/b29-27+/t33-,34+,35+,37+,38?,39+,40+/m0/s1. The molecule has 1 saturated heterocycles. The van der Waals surface area contributed by atoms with E-state index in [4.69, 9.17) is 9.47 Å². The molecule has 1 heterocycles. The molecule has 6 N–H and O–H groups in total. The summed E-state index contributed by atoms with van der Waals surface area (Å²) in [5.74, 6) is -0.178. The van der Waals surface area contributed by atoms with Crippen LogP contribution >= 0.6 is 0 Å². The predicted octanol–water partition coefficient (Wildman–Crippen LogP) is 7.39. The lowest BCUT2D eigenvalue weighted by atomic mass is 9.99. The minimum Gasteiger partial charge on any atom is -0.394 e. The number of rotatable bonds is 33. The maximum atomic E-state index is 12.9. The maximum Gasteiger partial charge on any atom is 0.220 e. The van der Waals surface area contributed by atoms with Crippen LogP contribution in [0.5, 0.6) is 0 Å². The molecule has 1 amide bonds. The Morgan fingerprint density at radius 3 is 1.59 bits per heavy atom. The van der Waals surface area contributed by atoms with Crippen molar-refractivity contribution in [2.24, 2.45) is 0 Å². The van der Waals surface area contributed by atoms with Crippen molar-refractivity contribution < 1.29 is 39.8 Å². The number of carbonyl (C=O) groups excluding carboxylic acids is 1. The van der Waals surface area contributed by atoms with Crippen LogP contribution < -0.4 is 5.32 Å². The first kappa shape index (κ1) is 46.0. The van der Waals surface area contributed by atoms with E-state index in [1.54, 1.807) is 6.08 Å². The van der Waals surface area contributed by atoms with Gasteiger partial charge in [-0.05, 0) is 19.3 Å². The van der Waals surface area contributed by atoms with Crippen LogP contribution in [0.4, 0.5) is 0 Å². The van der Waals surface area contributed by atoms with Crippen molar-refractivity contribution >= 4 is 5.91 Å². The smallest absolute Gasteiger partial charge is 0.220 e. The number of carbonyl (C=O) groups is 1. The Bertz CT molecular complexity index is 781. The van der Waals surface area contributed by atoms with Crippen molar-refractivity contribution in [1.29, 1.82) is 0 Å². The molecule has 1 aliphatic rings. The third-order valence-corrected chi connectivity index (χ3v) is 9.86. The van der Waals surface area contributed by atoms with Gasteiger partial charge >= 0.3 is 0 Å². The van der Waals surface area contributed by atoms with E-state index in [0.717, 1.165) is 38.5 Å². The van der Waals surface area contributed by atoms with Crippen molar-refractivity contribution in [3.05, 3.63) is 12.2 Å². The largest absolute Gasteiger partial charge is 0.394 e. The van der Waals surface area contributed by atoms with E-state index < -0.39 is 49.5 Å². The van der Waals surface area contributed by atoms with E-state index >= 15 is 0 Å². The number of hydrogen-bond acceptors (Lipinski definition) is 8. The topological polar surface area (TPSA) is 149 Å². The summed E-state index contributed by atoms with van der Waals surface area (Å²) >= 11 is 0. The number of allylic oxidation sites excluding steroid dienone is 1. The van der Waals surface area contributed by atoms with Crippen molar-refractivity contribution in [3.63, 3.8) is 0 Å². The number of ether oxygens (including phenoxy) is 2. The summed E-state index contributed by atoms with van der Waals surface area (Å²) in [5, 5.41) is 53.9. The molecular formula is C40H77NO8. The molecular weight excluding hydrogens is 622 g/mol. The Kier molecular flexibility index (Phi) is 29.7. The van der Waals surface area contributed by atoms with E-state index in [0.29, 0.717) is 6.42 Å². The van der Waals surface area contributed by atoms with E-state index in [-0.39, 0.29) is 12.5 Å². The first-order valence-corrected chi connectivity index (χ1v) is 20.4. The number of amides is 1. The zero-order valence-corrected chi connectivity index (χ0v) is 31.5. The van der Waals surface area contributed by atoms with E-state index in [1.165, 1.54) is 122 Å². The maximum absolute atomic E-state index is 12.9. The molecule has 1 rings (SSSR count). The summed E-state index contributed by atoms with van der Waals surface area (Å²) in [7, 11) is 0. The van der Waals surface area contributed by atoms with Crippen molar-refractivity contribution in [2.75, 3.05) is 13.2 Å². The fourth-order valence-electron chi connectivity index (χ4n) is 6.51. The molecule has 0 aromatic heterocycles. The third kappa shape index (κ3) is 23.2. The Morgan fingerprint density at radius 2 is 1.12 bits per heavy atom. The molecule has 7 atom stereocenters. The minimum atomic E-state index is -1.56. The summed E-state index contributed by atoms with van der Waals surface area (Å²) < 4.78 is 11.2. The SMILES string of the molecule is CCCCCCCCCCCCC/C=C/[C@@H](O)[C@H](CO[C@@H]1O[C@H](CO)[C@@H](O)C(O)[C@H]1O)NC(=O)CCCCCCCCCCCCCCC. The summed E-state index contributed by atoms with van der Waals surface area (Å²) in [6, 6.07) is -0.796. The lowest BCUT2D eigenvalue weighted by Gasteiger charge is -2.40. The van der Waals surface area contributed by atoms with Gasteiger partial charge in [0.25, 0.3) is 0 Å². The van der Waals surface area contributed by atoms with Gasteiger partial charge < -0.3 is 40.3 Å². The van der Waals surface area contributed by atoms with Crippen LogP contribution in [0.25, 0.3) is 0 Å². The van der Waals surface area contributed by atoms with Crippen molar-refractivity contribution in [3.8, 4) is 0 Å². The number of aliphatic hydroxyl groups is 5. The first-order chi connectivity index (χ1) is 23.8. The third-order valence-electron chi connectivity index (χ3n) is 9.86. The van der Waals surface area contributed by atoms with E-state index in [1.807, 2.05) is 6.08 Å². The average Bonchev–Trinajstić information content (AvgIpc) is 3.10. The molecule has 0 aromatic carbocycles. The second-order valence-corrected chi connectivity index (χ2v) is 14.4. The lowest BCUT2D eigenvalue weighted by molar-refractivity contribution is -0.302. The number of aliphatic hydroxyl groups excluding tert-OH is 5. The van der Waals surface area contributed by atoms with Gasteiger partial charge in [0.05, 0.1) is 25.4 Å². The molecule has 49 heavy (non-hydrogen) atoms. The van der Waals surface area contributed by atoms with E-state index in [9.17, 15) is 30.3 Å². The minimum absolute atomic E-state index is 0.178. The fourth-order valence-corrected chi connectivity index (χ4v) is 6.51. The normalized spacial score (nSPS) is 22.5. The van der Waals surface area contributed by atoms with Crippen molar-refractivity contribution in [1.82, 2.24) is 5.32 Å². The molecule has 1 fully saturated rings. The Hall–Kier alpha value is -1.07. The van der Waals surface area contributed by atoms with Gasteiger partial charge in [-0.2, -0.15) is 0 Å². The fraction of sp³-hybridized carbons (Fsp3) is 0.925. The predicted molar refractivity (Wildman–Crippen MR) is 198 cm³/mol. The van der Waals surface area contributed by atoms with Crippen LogP contribution in [0.2, 0.25) is 0 Å². The summed E-state index contributed by atoms with van der Waals surface area (Å²) in [6.45, 7) is 3.75. The van der Waals surface area contributed by atoms with Gasteiger partial charge in [0.2, 0.25) is 5.91 Å². The average molecular weight is 700 g/mol. The van der Waals surface area contributed by atoms with Gasteiger partial charge in [-0.3, -0.25) is 4.79 Å². The van der Waals surface area contributed by atoms with Gasteiger partial charge in [-0.15, -0.1) is 0 Å². The van der Waals surface area contributed by atoms with Crippen LogP contribution in [-0.2, 0) is 14.3 Å². The molecule has 1 aliphatic heterocycles. The first-order valence-electron chi connectivity index (χ1n) is 20.4. The quantitative estimate of drug-likeness (QED) is 0.0307. The van der Waals surface area contributed by atoms with Gasteiger partial charge in [-0.1, -0.05) is 167 Å². The van der Waals surface area contributed by atoms with E-state index in [2.05, 4.69) is 19.2 Å². The molecule has 290 valence electrons. The molecule has 0 aliphatic carbocycles. The summed E-state index contributed by atoms with van der Waals surface area (Å²) in [4.78, 5) is 12.9. The number of unbranched alkanes of at least 4 members (excludes halogenated alkanes) is 23. The molecule has 0 spiro atoms. The molecule has 9 heteroatoms. The zero-order valence-electron chi connectivity index (χ0n) is 31.5. The highest BCUT2D eigenvalue weighted by Gasteiger charge is 2.44. The van der Waals surface area contributed by atoms with Crippen LogP contribution in [-0.4, -0.2) is 87.5 Å². The molecule has 0 radical (unpaired) electrons.